The lowest BCUT2D eigenvalue weighted by atomic mass is 10.0. The highest BCUT2D eigenvalue weighted by molar-refractivity contribution is 6.15. The molecule has 0 bridgehead atoms. The lowest BCUT2D eigenvalue weighted by Crippen LogP contribution is -2.33. The summed E-state index contributed by atoms with van der Waals surface area (Å²) in [6.07, 6.45) is 2.43. The zero-order chi connectivity index (χ0) is 23.7. The first kappa shape index (κ1) is 22.0. The van der Waals surface area contributed by atoms with Crippen LogP contribution in [-0.4, -0.2) is 38.2 Å². The van der Waals surface area contributed by atoms with E-state index < -0.39 is 0 Å². The average molecular weight is 461 g/mol. The van der Waals surface area contributed by atoms with E-state index in [1.807, 2.05) is 18.2 Å². The van der Waals surface area contributed by atoms with Crippen molar-refractivity contribution in [3.8, 4) is 23.0 Å². The molecule has 34 heavy (non-hydrogen) atoms. The van der Waals surface area contributed by atoms with Crippen molar-refractivity contribution in [2.45, 2.75) is 13.0 Å². The Kier molecular flexibility index (Phi) is 5.94. The molecule has 0 N–H and O–H groups in total. The number of para-hydroxylation sites is 1. The standard InChI is InChI=1S/C27H24FNO5/c1-31-23-5-3-4-18(26(23)32-2)14-24-25(30)20-10-11-22-21(27(20)34-24)15-29(16-33-22)13-12-17-6-8-19(28)9-7-17/h3-11,14H,12-13,15-16H2,1-2H3/b24-14-. The second-order valence-corrected chi connectivity index (χ2v) is 8.14. The van der Waals surface area contributed by atoms with Crippen molar-refractivity contribution in [1.29, 1.82) is 0 Å². The van der Waals surface area contributed by atoms with Crippen LogP contribution < -0.4 is 18.9 Å². The van der Waals surface area contributed by atoms with Gasteiger partial charge in [-0.2, -0.15) is 0 Å². The molecular weight excluding hydrogens is 437 g/mol. The molecule has 2 aliphatic rings. The number of fused-ring (bicyclic) bond motifs is 3. The molecule has 0 aromatic heterocycles. The van der Waals surface area contributed by atoms with E-state index in [2.05, 4.69) is 4.90 Å². The number of allylic oxidation sites excluding steroid dienone is 1. The van der Waals surface area contributed by atoms with Gasteiger partial charge in [-0.1, -0.05) is 24.3 Å². The first-order chi connectivity index (χ1) is 16.6. The number of methoxy groups -OCH3 is 2. The summed E-state index contributed by atoms with van der Waals surface area (Å²) in [5.41, 5.74) is 3.09. The molecular formula is C27H24FNO5. The van der Waals surface area contributed by atoms with Gasteiger partial charge < -0.3 is 18.9 Å². The number of rotatable bonds is 6. The fraction of sp³-hybridized carbons (Fsp3) is 0.222. The van der Waals surface area contributed by atoms with E-state index in [1.165, 1.54) is 12.1 Å². The third kappa shape index (κ3) is 4.10. The first-order valence-corrected chi connectivity index (χ1v) is 11.0. The van der Waals surface area contributed by atoms with E-state index in [4.69, 9.17) is 18.9 Å². The lowest BCUT2D eigenvalue weighted by molar-refractivity contribution is 0.0949. The van der Waals surface area contributed by atoms with Crippen molar-refractivity contribution in [3.05, 3.63) is 88.4 Å². The van der Waals surface area contributed by atoms with E-state index in [-0.39, 0.29) is 17.4 Å². The number of benzene rings is 3. The van der Waals surface area contributed by atoms with E-state index in [9.17, 15) is 9.18 Å². The van der Waals surface area contributed by atoms with E-state index in [1.54, 1.807) is 44.6 Å². The van der Waals surface area contributed by atoms with Crippen LogP contribution in [0.4, 0.5) is 4.39 Å². The van der Waals surface area contributed by atoms with E-state index in [0.717, 1.165) is 24.1 Å². The summed E-state index contributed by atoms with van der Waals surface area (Å²) in [5.74, 6) is 2.13. The second kappa shape index (κ2) is 9.19. The maximum Gasteiger partial charge on any atom is 0.231 e. The minimum Gasteiger partial charge on any atom is -0.493 e. The van der Waals surface area contributed by atoms with Crippen molar-refractivity contribution in [3.63, 3.8) is 0 Å². The highest BCUT2D eigenvalue weighted by atomic mass is 19.1. The molecule has 0 aliphatic carbocycles. The molecule has 0 amide bonds. The van der Waals surface area contributed by atoms with Crippen LogP contribution >= 0.6 is 0 Å². The van der Waals surface area contributed by atoms with Gasteiger partial charge >= 0.3 is 0 Å². The Hall–Kier alpha value is -3.84. The third-order valence-electron chi connectivity index (χ3n) is 6.03. The smallest absolute Gasteiger partial charge is 0.231 e. The molecule has 2 aliphatic heterocycles. The van der Waals surface area contributed by atoms with Gasteiger partial charge in [-0.3, -0.25) is 9.69 Å². The Bertz CT molecular complexity index is 1270. The number of carbonyl (C=O) groups excluding carboxylic acids is 1. The van der Waals surface area contributed by atoms with Crippen LogP contribution in [0.5, 0.6) is 23.0 Å². The Morgan fingerprint density at radius 3 is 2.65 bits per heavy atom. The largest absolute Gasteiger partial charge is 0.493 e. The van der Waals surface area contributed by atoms with Crippen molar-refractivity contribution < 1.29 is 28.1 Å². The van der Waals surface area contributed by atoms with Gasteiger partial charge in [0.15, 0.2) is 17.3 Å². The summed E-state index contributed by atoms with van der Waals surface area (Å²) >= 11 is 0. The van der Waals surface area contributed by atoms with Crippen LogP contribution in [0.25, 0.3) is 6.08 Å². The minimum atomic E-state index is -0.244. The average Bonchev–Trinajstić information content (AvgIpc) is 3.18. The van der Waals surface area contributed by atoms with Gasteiger partial charge in [-0.25, -0.2) is 4.39 Å². The van der Waals surface area contributed by atoms with Crippen molar-refractivity contribution >= 4 is 11.9 Å². The van der Waals surface area contributed by atoms with Gasteiger partial charge in [0.2, 0.25) is 5.78 Å². The fourth-order valence-corrected chi connectivity index (χ4v) is 4.25. The zero-order valence-electron chi connectivity index (χ0n) is 19.0. The van der Waals surface area contributed by atoms with Crippen molar-refractivity contribution in [2.75, 3.05) is 27.5 Å². The minimum absolute atomic E-state index is 0.189. The molecule has 3 aromatic carbocycles. The number of Topliss-reactive ketones (excluding diaryl/α,β-unsaturated/α-hetero) is 1. The lowest BCUT2D eigenvalue weighted by Gasteiger charge is -2.29. The molecule has 0 spiro atoms. The summed E-state index contributed by atoms with van der Waals surface area (Å²) in [7, 11) is 3.12. The van der Waals surface area contributed by atoms with Gasteiger partial charge in [-0.15, -0.1) is 0 Å². The van der Waals surface area contributed by atoms with Crippen molar-refractivity contribution in [2.24, 2.45) is 0 Å². The zero-order valence-corrected chi connectivity index (χ0v) is 19.0. The molecule has 3 aromatic rings. The van der Waals surface area contributed by atoms with Crippen LogP contribution in [0.15, 0.2) is 60.4 Å². The van der Waals surface area contributed by atoms with Gasteiger partial charge in [0.25, 0.3) is 0 Å². The first-order valence-electron chi connectivity index (χ1n) is 11.0. The molecule has 0 saturated heterocycles. The number of hydrogen-bond donors (Lipinski definition) is 0. The van der Waals surface area contributed by atoms with E-state index in [0.29, 0.717) is 47.4 Å². The maximum absolute atomic E-state index is 13.2. The third-order valence-corrected chi connectivity index (χ3v) is 6.03. The molecule has 174 valence electrons. The highest BCUT2D eigenvalue weighted by Gasteiger charge is 2.33. The summed E-state index contributed by atoms with van der Waals surface area (Å²) in [6.45, 7) is 1.75. The number of carbonyl (C=O) groups is 1. The predicted octanol–water partition coefficient (Wildman–Crippen LogP) is 4.85. The number of ketones is 1. The van der Waals surface area contributed by atoms with Crippen LogP contribution in [0.1, 0.15) is 27.0 Å². The Balaban J connectivity index is 1.38. The molecule has 0 atom stereocenters. The van der Waals surface area contributed by atoms with Gasteiger partial charge in [-0.05, 0) is 48.4 Å². The summed E-state index contributed by atoms with van der Waals surface area (Å²) in [6, 6.07) is 15.5. The van der Waals surface area contributed by atoms with Crippen molar-refractivity contribution in [1.82, 2.24) is 4.90 Å². The molecule has 2 heterocycles. The molecule has 0 saturated carbocycles. The van der Waals surface area contributed by atoms with E-state index >= 15 is 0 Å². The highest BCUT2D eigenvalue weighted by Crippen LogP contribution is 2.43. The molecule has 6 nitrogen and oxygen atoms in total. The summed E-state index contributed by atoms with van der Waals surface area (Å²) in [5, 5.41) is 0. The number of halogens is 1. The summed E-state index contributed by atoms with van der Waals surface area (Å²) < 4.78 is 36.0. The SMILES string of the molecule is COc1cccc(/C=C2\Oc3c(ccc4c3CN(CCc3ccc(F)cc3)CO4)C2=O)c1OC. The molecule has 7 heteroatoms. The van der Waals surface area contributed by atoms with Crippen LogP contribution in [0, 0.1) is 5.82 Å². The normalized spacial score (nSPS) is 16.0. The number of ether oxygens (including phenoxy) is 4. The van der Waals surface area contributed by atoms with Gasteiger partial charge in [0.05, 0.1) is 25.3 Å². The monoisotopic (exact) mass is 461 g/mol. The quantitative estimate of drug-likeness (QED) is 0.489. The number of nitrogens with zero attached hydrogens (tertiary/aromatic N) is 1. The Labute approximate surface area is 197 Å². The van der Waals surface area contributed by atoms with Crippen LogP contribution in [0.2, 0.25) is 0 Å². The second-order valence-electron chi connectivity index (χ2n) is 8.14. The Morgan fingerprint density at radius 1 is 1.06 bits per heavy atom. The fourth-order valence-electron chi connectivity index (χ4n) is 4.25. The maximum atomic E-state index is 13.2. The number of hydrogen-bond acceptors (Lipinski definition) is 6. The molecule has 0 unspecified atom stereocenters. The van der Waals surface area contributed by atoms with Crippen LogP contribution in [0.3, 0.4) is 0 Å². The molecule has 5 rings (SSSR count). The van der Waals surface area contributed by atoms with Crippen LogP contribution in [-0.2, 0) is 13.0 Å². The van der Waals surface area contributed by atoms with Gasteiger partial charge in [0, 0.05) is 18.7 Å². The topological polar surface area (TPSA) is 57.2 Å². The molecule has 0 radical (unpaired) electrons. The van der Waals surface area contributed by atoms with Gasteiger partial charge in [0.1, 0.15) is 24.0 Å². The summed E-state index contributed by atoms with van der Waals surface area (Å²) in [4.78, 5) is 15.2. The Morgan fingerprint density at radius 2 is 1.88 bits per heavy atom. The molecule has 0 fully saturated rings. The predicted molar refractivity (Wildman–Crippen MR) is 125 cm³/mol.